The van der Waals surface area contributed by atoms with E-state index in [1.807, 2.05) is 37.3 Å². The molecule has 2 N–H and O–H groups in total. The molecule has 3 aromatic rings. The molecule has 26 heavy (non-hydrogen) atoms. The van der Waals surface area contributed by atoms with Crippen molar-refractivity contribution in [2.75, 3.05) is 38.8 Å². The number of nitrogen functional groups attached to an aromatic ring is 1. The molecule has 0 aliphatic carbocycles. The molecule has 1 aromatic heterocycles. The van der Waals surface area contributed by atoms with E-state index in [4.69, 9.17) is 24.4 Å². The fourth-order valence-electron chi connectivity index (χ4n) is 2.41. The minimum absolute atomic E-state index is 0.423. The highest BCUT2D eigenvalue weighted by Gasteiger charge is 2.11. The Morgan fingerprint density at radius 3 is 2.65 bits per heavy atom. The Balaban J connectivity index is 1.60. The van der Waals surface area contributed by atoms with Crippen molar-refractivity contribution in [1.82, 2.24) is 4.98 Å². The number of hydrogen-bond acceptors (Lipinski definition) is 6. The van der Waals surface area contributed by atoms with Crippen molar-refractivity contribution in [3.63, 3.8) is 0 Å². The van der Waals surface area contributed by atoms with Gasteiger partial charge in [-0.1, -0.05) is 15.9 Å². The SMILES string of the molecule is CCOCCOCCOc1ccc(-c2nc3cc(Br)ccc3o2)cc1N. The number of fused-ring (bicyclic) bond motifs is 1. The van der Waals surface area contributed by atoms with Gasteiger partial charge in [-0.3, -0.25) is 0 Å². The van der Waals surface area contributed by atoms with Crippen LogP contribution < -0.4 is 10.5 Å². The Morgan fingerprint density at radius 2 is 1.85 bits per heavy atom. The summed E-state index contributed by atoms with van der Waals surface area (Å²) < 4.78 is 23.0. The Bertz CT molecular complexity index is 866. The summed E-state index contributed by atoms with van der Waals surface area (Å²) >= 11 is 3.43. The van der Waals surface area contributed by atoms with E-state index < -0.39 is 0 Å². The monoisotopic (exact) mass is 420 g/mol. The number of halogens is 1. The third kappa shape index (κ3) is 4.75. The number of nitrogens with two attached hydrogens (primary N) is 1. The first-order chi connectivity index (χ1) is 12.7. The Morgan fingerprint density at radius 1 is 1.04 bits per heavy atom. The normalized spacial score (nSPS) is 11.2. The van der Waals surface area contributed by atoms with Gasteiger partial charge in [0.2, 0.25) is 5.89 Å². The molecule has 6 nitrogen and oxygen atoms in total. The number of benzene rings is 2. The number of ether oxygens (including phenoxy) is 3. The molecule has 0 aliphatic heterocycles. The predicted octanol–water partition coefficient (Wildman–Crippen LogP) is 4.27. The summed E-state index contributed by atoms with van der Waals surface area (Å²) in [5.74, 6) is 1.14. The van der Waals surface area contributed by atoms with E-state index in [2.05, 4.69) is 20.9 Å². The van der Waals surface area contributed by atoms with Gasteiger partial charge in [0.05, 0.1) is 25.5 Å². The van der Waals surface area contributed by atoms with Gasteiger partial charge in [-0.25, -0.2) is 4.98 Å². The highest BCUT2D eigenvalue weighted by atomic mass is 79.9. The van der Waals surface area contributed by atoms with Crippen LogP contribution in [0.1, 0.15) is 6.92 Å². The van der Waals surface area contributed by atoms with E-state index >= 15 is 0 Å². The molecule has 3 rings (SSSR count). The molecule has 0 amide bonds. The standard InChI is InChI=1S/C19H21BrN2O4/c1-2-23-7-8-24-9-10-25-17-5-3-13(11-15(17)21)19-22-16-12-14(20)4-6-18(16)26-19/h3-6,11-12H,2,7-10,21H2,1H3. The van der Waals surface area contributed by atoms with Crippen LogP contribution in [-0.2, 0) is 9.47 Å². The van der Waals surface area contributed by atoms with Crippen LogP contribution in [-0.4, -0.2) is 38.0 Å². The second kappa shape index (κ2) is 9.02. The summed E-state index contributed by atoms with van der Waals surface area (Å²) in [5, 5.41) is 0. The molecule has 0 fully saturated rings. The highest BCUT2D eigenvalue weighted by molar-refractivity contribution is 9.10. The number of anilines is 1. The van der Waals surface area contributed by atoms with Gasteiger partial charge in [0.1, 0.15) is 17.9 Å². The molecule has 0 spiro atoms. The lowest BCUT2D eigenvalue weighted by Crippen LogP contribution is -2.11. The molecule has 0 saturated heterocycles. The van der Waals surface area contributed by atoms with Crippen molar-refractivity contribution in [1.29, 1.82) is 0 Å². The molecule has 138 valence electrons. The molecule has 0 radical (unpaired) electrons. The average molecular weight is 421 g/mol. The fourth-order valence-corrected chi connectivity index (χ4v) is 2.76. The predicted molar refractivity (Wildman–Crippen MR) is 104 cm³/mol. The molecule has 0 saturated carbocycles. The maximum atomic E-state index is 6.09. The topological polar surface area (TPSA) is 79.7 Å². The Hall–Kier alpha value is -2.09. The van der Waals surface area contributed by atoms with Gasteiger partial charge in [-0.05, 0) is 43.3 Å². The zero-order chi connectivity index (χ0) is 18.4. The third-order valence-corrected chi connectivity index (χ3v) is 4.16. The Kier molecular flexibility index (Phi) is 6.49. The van der Waals surface area contributed by atoms with E-state index in [0.29, 0.717) is 50.4 Å². The van der Waals surface area contributed by atoms with Gasteiger partial charge in [0.25, 0.3) is 0 Å². The van der Waals surface area contributed by atoms with Crippen LogP contribution in [0, 0.1) is 0 Å². The zero-order valence-electron chi connectivity index (χ0n) is 14.5. The zero-order valence-corrected chi connectivity index (χ0v) is 16.1. The minimum atomic E-state index is 0.423. The molecule has 0 atom stereocenters. The summed E-state index contributed by atoms with van der Waals surface area (Å²) in [6.07, 6.45) is 0. The van der Waals surface area contributed by atoms with E-state index in [1.54, 1.807) is 6.07 Å². The summed E-state index contributed by atoms with van der Waals surface area (Å²) in [6.45, 7) is 4.70. The molecule has 1 heterocycles. The van der Waals surface area contributed by atoms with Crippen LogP contribution in [0.4, 0.5) is 5.69 Å². The van der Waals surface area contributed by atoms with Gasteiger partial charge in [0.15, 0.2) is 5.58 Å². The van der Waals surface area contributed by atoms with E-state index in [0.717, 1.165) is 21.1 Å². The summed E-state index contributed by atoms with van der Waals surface area (Å²) in [6, 6.07) is 11.2. The molecule has 2 aromatic carbocycles. The largest absolute Gasteiger partial charge is 0.489 e. The minimum Gasteiger partial charge on any atom is -0.489 e. The van der Waals surface area contributed by atoms with Crippen molar-refractivity contribution < 1.29 is 18.6 Å². The van der Waals surface area contributed by atoms with Gasteiger partial charge in [0, 0.05) is 16.6 Å². The third-order valence-electron chi connectivity index (χ3n) is 3.67. The van der Waals surface area contributed by atoms with Crippen molar-refractivity contribution in [2.24, 2.45) is 0 Å². The molecule has 0 bridgehead atoms. The maximum absolute atomic E-state index is 6.09. The van der Waals surface area contributed by atoms with Crippen LogP contribution in [0.25, 0.3) is 22.6 Å². The number of rotatable bonds is 9. The van der Waals surface area contributed by atoms with Gasteiger partial charge in [-0.15, -0.1) is 0 Å². The summed E-state index contributed by atoms with van der Waals surface area (Å²) in [5.41, 5.74) is 8.94. The van der Waals surface area contributed by atoms with Gasteiger partial charge in [-0.2, -0.15) is 0 Å². The summed E-state index contributed by atoms with van der Waals surface area (Å²) in [7, 11) is 0. The fraction of sp³-hybridized carbons (Fsp3) is 0.316. The van der Waals surface area contributed by atoms with Crippen molar-refractivity contribution in [2.45, 2.75) is 6.92 Å². The quantitative estimate of drug-likeness (QED) is 0.411. The summed E-state index contributed by atoms with van der Waals surface area (Å²) in [4.78, 5) is 4.50. The second-order valence-corrected chi connectivity index (χ2v) is 6.46. The Labute approximate surface area is 160 Å². The molecule has 0 aliphatic rings. The molecule has 7 heteroatoms. The van der Waals surface area contributed by atoms with Crippen molar-refractivity contribution in [3.05, 3.63) is 40.9 Å². The molecular formula is C19H21BrN2O4. The number of oxazole rings is 1. The van der Waals surface area contributed by atoms with Crippen LogP contribution >= 0.6 is 15.9 Å². The lowest BCUT2D eigenvalue weighted by Gasteiger charge is -2.10. The van der Waals surface area contributed by atoms with Crippen LogP contribution in [0.15, 0.2) is 45.3 Å². The van der Waals surface area contributed by atoms with E-state index in [9.17, 15) is 0 Å². The first kappa shape index (κ1) is 18.7. The van der Waals surface area contributed by atoms with Crippen molar-refractivity contribution >= 4 is 32.7 Å². The van der Waals surface area contributed by atoms with Crippen LogP contribution in [0.5, 0.6) is 5.75 Å². The van der Waals surface area contributed by atoms with Crippen LogP contribution in [0.2, 0.25) is 0 Å². The second-order valence-electron chi connectivity index (χ2n) is 5.54. The van der Waals surface area contributed by atoms with E-state index in [1.165, 1.54) is 0 Å². The molecule has 0 unspecified atom stereocenters. The van der Waals surface area contributed by atoms with Crippen molar-refractivity contribution in [3.8, 4) is 17.2 Å². The number of hydrogen-bond donors (Lipinski definition) is 1. The van der Waals surface area contributed by atoms with Crippen LogP contribution in [0.3, 0.4) is 0 Å². The lowest BCUT2D eigenvalue weighted by atomic mass is 10.2. The number of nitrogens with zero attached hydrogens (tertiary/aromatic N) is 1. The number of aromatic nitrogens is 1. The highest BCUT2D eigenvalue weighted by Crippen LogP contribution is 2.31. The smallest absolute Gasteiger partial charge is 0.227 e. The average Bonchev–Trinajstić information content (AvgIpc) is 3.05. The van der Waals surface area contributed by atoms with Gasteiger partial charge >= 0.3 is 0 Å². The lowest BCUT2D eigenvalue weighted by molar-refractivity contribution is 0.0406. The maximum Gasteiger partial charge on any atom is 0.227 e. The van der Waals surface area contributed by atoms with E-state index in [-0.39, 0.29) is 0 Å². The first-order valence-corrected chi connectivity index (χ1v) is 9.21. The van der Waals surface area contributed by atoms with Gasteiger partial charge < -0.3 is 24.4 Å². The first-order valence-electron chi connectivity index (χ1n) is 8.41. The molecular weight excluding hydrogens is 400 g/mol.